The molecule has 0 aliphatic carbocycles. The first-order valence-corrected chi connectivity index (χ1v) is 6.64. The number of aromatic nitrogens is 2. The van der Waals surface area contributed by atoms with Crippen molar-refractivity contribution in [3.63, 3.8) is 0 Å². The van der Waals surface area contributed by atoms with Crippen LogP contribution >= 0.6 is 11.6 Å². The highest BCUT2D eigenvalue weighted by Gasteiger charge is 2.62. The van der Waals surface area contributed by atoms with Crippen molar-refractivity contribution < 1.29 is 18.0 Å². The largest absolute Gasteiger partial charge is 0.403 e. The first kappa shape index (κ1) is 15.3. The predicted octanol–water partition coefficient (Wildman–Crippen LogP) is 2.84. The van der Waals surface area contributed by atoms with Crippen LogP contribution in [0.5, 0.6) is 0 Å². The van der Waals surface area contributed by atoms with Crippen molar-refractivity contribution in [2.45, 2.75) is 32.5 Å². The first-order valence-electron chi connectivity index (χ1n) is 6.26. The summed E-state index contributed by atoms with van der Waals surface area (Å²) in [7, 11) is 0. The van der Waals surface area contributed by atoms with Gasteiger partial charge >= 0.3 is 6.18 Å². The SMILES string of the molecule is CC(C)n1ncc(Cl)c1C(=O)C1(C(F)(F)F)CCNC1. The first-order chi connectivity index (χ1) is 9.21. The van der Waals surface area contributed by atoms with Crippen LogP contribution in [0.4, 0.5) is 13.2 Å². The van der Waals surface area contributed by atoms with E-state index in [9.17, 15) is 18.0 Å². The van der Waals surface area contributed by atoms with Crippen molar-refractivity contribution in [1.29, 1.82) is 0 Å². The van der Waals surface area contributed by atoms with Gasteiger partial charge in [-0.3, -0.25) is 9.48 Å². The fourth-order valence-electron chi connectivity index (χ4n) is 2.43. The number of Topliss-reactive ketones (excluding diaryl/α,β-unsaturated/α-hetero) is 1. The minimum atomic E-state index is -4.62. The normalized spacial score (nSPS) is 23.6. The summed E-state index contributed by atoms with van der Waals surface area (Å²) in [4.78, 5) is 12.5. The Balaban J connectivity index is 2.52. The second kappa shape index (κ2) is 5.04. The van der Waals surface area contributed by atoms with E-state index in [1.807, 2.05) is 0 Å². The zero-order chi connectivity index (χ0) is 15.1. The molecule has 1 aliphatic rings. The van der Waals surface area contributed by atoms with Crippen LogP contribution in [-0.2, 0) is 0 Å². The maximum absolute atomic E-state index is 13.4. The second-order valence-corrected chi connectivity index (χ2v) is 5.62. The Kier molecular flexibility index (Phi) is 3.85. The molecule has 1 unspecified atom stereocenters. The lowest BCUT2D eigenvalue weighted by atomic mass is 9.80. The van der Waals surface area contributed by atoms with Gasteiger partial charge in [-0.25, -0.2) is 0 Å². The zero-order valence-corrected chi connectivity index (χ0v) is 11.8. The second-order valence-electron chi connectivity index (χ2n) is 5.22. The Labute approximate surface area is 119 Å². The monoisotopic (exact) mass is 309 g/mol. The van der Waals surface area contributed by atoms with Gasteiger partial charge in [0, 0.05) is 12.6 Å². The molecule has 0 bridgehead atoms. The Morgan fingerprint density at radius 1 is 1.55 bits per heavy atom. The summed E-state index contributed by atoms with van der Waals surface area (Å²) in [5.41, 5.74) is -2.58. The highest BCUT2D eigenvalue weighted by atomic mass is 35.5. The van der Waals surface area contributed by atoms with Crippen LogP contribution in [-0.4, -0.2) is 34.8 Å². The van der Waals surface area contributed by atoms with Gasteiger partial charge < -0.3 is 5.32 Å². The number of hydrogen-bond acceptors (Lipinski definition) is 3. The molecule has 0 saturated carbocycles. The maximum atomic E-state index is 13.4. The lowest BCUT2D eigenvalue weighted by Gasteiger charge is -2.29. The van der Waals surface area contributed by atoms with E-state index in [1.165, 1.54) is 10.9 Å². The van der Waals surface area contributed by atoms with Crippen LogP contribution in [0.2, 0.25) is 5.02 Å². The number of rotatable bonds is 3. The number of nitrogens with zero attached hydrogens (tertiary/aromatic N) is 2. The zero-order valence-electron chi connectivity index (χ0n) is 11.1. The summed E-state index contributed by atoms with van der Waals surface area (Å²) >= 11 is 5.88. The predicted molar refractivity (Wildman–Crippen MR) is 67.9 cm³/mol. The molecular weight excluding hydrogens is 295 g/mol. The highest BCUT2D eigenvalue weighted by molar-refractivity contribution is 6.33. The molecule has 1 N–H and O–H groups in total. The van der Waals surface area contributed by atoms with E-state index in [0.29, 0.717) is 0 Å². The molecule has 1 saturated heterocycles. The van der Waals surface area contributed by atoms with Gasteiger partial charge in [0.1, 0.15) is 11.1 Å². The molecule has 1 fully saturated rings. The van der Waals surface area contributed by atoms with Gasteiger partial charge in [0.2, 0.25) is 0 Å². The molecule has 2 rings (SSSR count). The molecule has 20 heavy (non-hydrogen) atoms. The van der Waals surface area contributed by atoms with Gasteiger partial charge in [-0.2, -0.15) is 18.3 Å². The Morgan fingerprint density at radius 2 is 2.20 bits per heavy atom. The van der Waals surface area contributed by atoms with E-state index < -0.39 is 23.9 Å². The molecule has 1 aliphatic heterocycles. The standard InChI is InChI=1S/C12H15ClF3N3O/c1-7(2)19-9(8(13)5-18-19)10(20)11(12(14,15)16)3-4-17-6-11/h5,7,17H,3-4,6H2,1-2H3. The Hall–Kier alpha value is -1.08. The topological polar surface area (TPSA) is 46.9 Å². The van der Waals surface area contributed by atoms with Crippen molar-refractivity contribution in [3.8, 4) is 0 Å². The maximum Gasteiger partial charge on any atom is 0.403 e. The van der Waals surface area contributed by atoms with E-state index >= 15 is 0 Å². The molecule has 0 aromatic carbocycles. The fraction of sp³-hybridized carbons (Fsp3) is 0.667. The van der Waals surface area contributed by atoms with Crippen LogP contribution in [0.15, 0.2) is 6.20 Å². The van der Waals surface area contributed by atoms with Gasteiger partial charge in [-0.1, -0.05) is 11.6 Å². The van der Waals surface area contributed by atoms with Gasteiger partial charge in [0.05, 0.1) is 11.2 Å². The lowest BCUT2D eigenvalue weighted by Crippen LogP contribution is -2.47. The highest BCUT2D eigenvalue weighted by Crippen LogP contribution is 2.46. The minimum Gasteiger partial charge on any atom is -0.315 e. The van der Waals surface area contributed by atoms with Crippen molar-refractivity contribution in [2.75, 3.05) is 13.1 Å². The molecule has 0 radical (unpaired) electrons. The van der Waals surface area contributed by atoms with E-state index in [2.05, 4.69) is 10.4 Å². The van der Waals surface area contributed by atoms with E-state index in [-0.39, 0.29) is 29.7 Å². The third kappa shape index (κ3) is 2.22. The van der Waals surface area contributed by atoms with Crippen molar-refractivity contribution in [3.05, 3.63) is 16.9 Å². The third-order valence-electron chi connectivity index (χ3n) is 3.59. The minimum absolute atomic E-state index is 0.0424. The number of hydrogen-bond donors (Lipinski definition) is 1. The number of alkyl halides is 3. The van der Waals surface area contributed by atoms with Crippen molar-refractivity contribution >= 4 is 17.4 Å². The molecule has 1 aromatic heterocycles. The van der Waals surface area contributed by atoms with Crippen molar-refractivity contribution in [1.82, 2.24) is 15.1 Å². The van der Waals surface area contributed by atoms with Crippen LogP contribution < -0.4 is 5.32 Å². The summed E-state index contributed by atoms with van der Waals surface area (Å²) in [6.45, 7) is 3.19. The average molecular weight is 310 g/mol. The van der Waals surface area contributed by atoms with Gasteiger partial charge in [-0.15, -0.1) is 0 Å². The summed E-state index contributed by atoms with van der Waals surface area (Å²) < 4.78 is 41.4. The number of carbonyl (C=O) groups is 1. The molecule has 112 valence electrons. The average Bonchev–Trinajstić information content (AvgIpc) is 2.93. The van der Waals surface area contributed by atoms with Crippen LogP contribution in [0.25, 0.3) is 0 Å². The third-order valence-corrected chi connectivity index (χ3v) is 3.86. The van der Waals surface area contributed by atoms with E-state index in [1.54, 1.807) is 13.8 Å². The molecule has 8 heteroatoms. The number of carbonyl (C=O) groups excluding carboxylic acids is 1. The summed E-state index contributed by atoms with van der Waals surface area (Å²) in [6.07, 6.45) is -3.70. The molecule has 0 amide bonds. The van der Waals surface area contributed by atoms with Crippen LogP contribution in [0.1, 0.15) is 36.8 Å². The molecule has 0 spiro atoms. The molecule has 1 aromatic rings. The van der Waals surface area contributed by atoms with Gasteiger partial charge in [-0.05, 0) is 26.8 Å². The number of ketones is 1. The summed E-state index contributed by atoms with van der Waals surface area (Å²) in [5.74, 6) is -1.01. The van der Waals surface area contributed by atoms with E-state index in [4.69, 9.17) is 11.6 Å². The lowest BCUT2D eigenvalue weighted by molar-refractivity contribution is -0.197. The number of halogens is 4. The summed E-state index contributed by atoms with van der Waals surface area (Å²) in [6, 6.07) is -0.249. The quantitative estimate of drug-likeness (QED) is 0.873. The molecule has 4 nitrogen and oxygen atoms in total. The Bertz CT molecular complexity index is 519. The summed E-state index contributed by atoms with van der Waals surface area (Å²) in [5, 5.41) is 6.47. The smallest absolute Gasteiger partial charge is 0.315 e. The van der Waals surface area contributed by atoms with Crippen LogP contribution in [0.3, 0.4) is 0 Å². The molecule has 2 heterocycles. The van der Waals surface area contributed by atoms with Crippen molar-refractivity contribution in [2.24, 2.45) is 5.41 Å². The Morgan fingerprint density at radius 3 is 2.65 bits per heavy atom. The molecular formula is C12H15ClF3N3O. The van der Waals surface area contributed by atoms with Gasteiger partial charge in [0.25, 0.3) is 0 Å². The molecule has 1 atom stereocenters. The number of nitrogens with one attached hydrogen (secondary N) is 1. The van der Waals surface area contributed by atoms with Crippen LogP contribution in [0, 0.1) is 5.41 Å². The van der Waals surface area contributed by atoms with Gasteiger partial charge in [0.15, 0.2) is 5.78 Å². The fourth-order valence-corrected chi connectivity index (χ4v) is 2.64. The van der Waals surface area contributed by atoms with E-state index in [0.717, 1.165) is 0 Å².